The van der Waals surface area contributed by atoms with Gasteiger partial charge in [-0.1, -0.05) is 0 Å². The number of hydrogen-bond donors (Lipinski definition) is 1. The fourth-order valence-corrected chi connectivity index (χ4v) is 3.78. The third-order valence-corrected chi connectivity index (χ3v) is 5.68. The van der Waals surface area contributed by atoms with Crippen LogP contribution in [0, 0.1) is 6.92 Å². The summed E-state index contributed by atoms with van der Waals surface area (Å²) in [5.74, 6) is -0.0950. The molecule has 1 aliphatic heterocycles. The molecule has 0 aliphatic carbocycles. The van der Waals surface area contributed by atoms with Crippen molar-refractivity contribution in [3.63, 3.8) is 0 Å². The zero-order chi connectivity index (χ0) is 23.8. The van der Waals surface area contributed by atoms with Crippen LogP contribution >= 0.6 is 0 Å². The second kappa shape index (κ2) is 8.93. The third kappa shape index (κ3) is 4.90. The molecule has 0 saturated carbocycles. The molecule has 1 aromatic carbocycles. The van der Waals surface area contributed by atoms with Crippen molar-refractivity contribution in [3.8, 4) is 0 Å². The first kappa shape index (κ1) is 22.9. The number of ether oxygens (including phenoxy) is 1. The number of nitrogens with zero attached hydrogens (tertiary/aromatic N) is 3. The van der Waals surface area contributed by atoms with Crippen LogP contribution in [0.2, 0.25) is 0 Å². The van der Waals surface area contributed by atoms with Gasteiger partial charge in [0.1, 0.15) is 12.0 Å². The zero-order valence-electron chi connectivity index (χ0n) is 17.8. The Hall–Kier alpha value is -3.27. The number of amides is 1. The summed E-state index contributed by atoms with van der Waals surface area (Å²) in [5.41, 5.74) is 6.81. The van der Waals surface area contributed by atoms with Gasteiger partial charge in [0, 0.05) is 30.2 Å². The highest BCUT2D eigenvalue weighted by atomic mass is 19.4. The van der Waals surface area contributed by atoms with E-state index in [4.69, 9.17) is 10.5 Å². The Balaban J connectivity index is 1.67. The van der Waals surface area contributed by atoms with Crippen LogP contribution in [0.15, 0.2) is 42.6 Å². The molecule has 0 bridgehead atoms. The highest BCUT2D eigenvalue weighted by Gasteiger charge is 2.35. The Morgan fingerprint density at radius 3 is 2.70 bits per heavy atom. The average Bonchev–Trinajstić information content (AvgIpc) is 2.78. The van der Waals surface area contributed by atoms with E-state index in [1.54, 1.807) is 31.2 Å². The van der Waals surface area contributed by atoms with Crippen LogP contribution in [0.3, 0.4) is 0 Å². The number of pyridine rings is 2. The van der Waals surface area contributed by atoms with Gasteiger partial charge < -0.3 is 15.4 Å². The van der Waals surface area contributed by atoms with Gasteiger partial charge in [-0.05, 0) is 48.9 Å². The minimum atomic E-state index is -4.52. The third-order valence-electron chi connectivity index (χ3n) is 5.68. The van der Waals surface area contributed by atoms with E-state index in [1.807, 2.05) is 0 Å². The van der Waals surface area contributed by atoms with Crippen molar-refractivity contribution in [3.05, 3.63) is 65.0 Å². The number of fused-ring (bicyclic) bond motifs is 1. The molecule has 3 heterocycles. The Kier molecular flexibility index (Phi) is 6.20. The first-order valence-electron chi connectivity index (χ1n) is 10.4. The molecule has 33 heavy (non-hydrogen) atoms. The molecule has 10 heteroatoms. The summed E-state index contributed by atoms with van der Waals surface area (Å²) in [4.78, 5) is 22.9. The molecule has 1 amide bonds. The van der Waals surface area contributed by atoms with Gasteiger partial charge >= 0.3 is 6.18 Å². The van der Waals surface area contributed by atoms with Crippen LogP contribution in [-0.4, -0.2) is 46.2 Å². The molecular weight excluding hydrogens is 440 g/mol. The number of hydrogen-bond acceptors (Lipinski definition) is 5. The Bertz CT molecular complexity index is 1170. The van der Waals surface area contributed by atoms with Gasteiger partial charge in [-0.15, -0.1) is 0 Å². The first-order chi connectivity index (χ1) is 15.6. The number of benzene rings is 1. The lowest BCUT2D eigenvalue weighted by molar-refractivity contribution is -0.137. The molecule has 2 N–H and O–H groups in total. The van der Waals surface area contributed by atoms with E-state index >= 15 is 0 Å². The van der Waals surface area contributed by atoms with Crippen molar-refractivity contribution >= 4 is 22.6 Å². The fourth-order valence-electron chi connectivity index (χ4n) is 3.78. The molecule has 2 aromatic heterocycles. The summed E-state index contributed by atoms with van der Waals surface area (Å²) in [5, 5.41) is 0.692. The molecule has 6 nitrogen and oxygen atoms in total. The number of carbonyl (C=O) groups is 1. The number of alkyl halides is 4. The summed E-state index contributed by atoms with van der Waals surface area (Å²) in [6, 6.07) is 7.85. The van der Waals surface area contributed by atoms with Gasteiger partial charge in [0.05, 0.1) is 36.0 Å². The van der Waals surface area contributed by atoms with E-state index in [0.29, 0.717) is 22.9 Å². The minimum Gasteiger partial charge on any atom is -0.383 e. The van der Waals surface area contributed by atoms with Gasteiger partial charge in [0.15, 0.2) is 0 Å². The predicted octanol–water partition coefficient (Wildman–Crippen LogP) is 4.31. The van der Waals surface area contributed by atoms with Crippen molar-refractivity contribution in [1.29, 1.82) is 0 Å². The van der Waals surface area contributed by atoms with E-state index < -0.39 is 29.9 Å². The summed E-state index contributed by atoms with van der Waals surface area (Å²) in [6.07, 6.45) is -5.03. The second-order valence-electron chi connectivity index (χ2n) is 8.01. The lowest BCUT2D eigenvalue weighted by atomic mass is 10.0. The molecule has 174 valence electrons. The fraction of sp³-hybridized carbons (Fsp3) is 0.348. The van der Waals surface area contributed by atoms with Crippen molar-refractivity contribution in [1.82, 2.24) is 14.9 Å². The number of nitrogen functional groups attached to an aromatic ring is 1. The number of rotatable bonds is 4. The molecular formula is C23H22F4N4O2. The van der Waals surface area contributed by atoms with Crippen LogP contribution in [0.1, 0.15) is 33.6 Å². The van der Waals surface area contributed by atoms with E-state index in [9.17, 15) is 22.4 Å². The maximum Gasteiger partial charge on any atom is 0.417 e. The van der Waals surface area contributed by atoms with Crippen molar-refractivity contribution in [2.45, 2.75) is 38.3 Å². The minimum absolute atomic E-state index is 0.0156. The summed E-state index contributed by atoms with van der Waals surface area (Å²) >= 11 is 0. The highest BCUT2D eigenvalue weighted by Crippen LogP contribution is 2.29. The van der Waals surface area contributed by atoms with Crippen LogP contribution < -0.4 is 5.73 Å². The SMILES string of the molecule is Cc1cc2cc(C(=O)N(Cc3ccc(C(F)(F)F)cn3)[C@H]3COCC[C@@H]3F)ccc2nc1N. The molecule has 3 aromatic rings. The largest absolute Gasteiger partial charge is 0.417 e. The van der Waals surface area contributed by atoms with Gasteiger partial charge in [-0.3, -0.25) is 9.78 Å². The number of halogens is 4. The standard InChI is InChI=1S/C23H22F4N4O2/c1-13-8-15-9-14(2-5-19(15)30-21(13)28)22(32)31(20-12-33-7-6-18(20)24)11-17-4-3-16(10-29-17)23(25,26)27/h2-5,8-10,18,20H,6-7,11-12H2,1H3,(H2,28,30)/t18-,20-/m0/s1. The molecule has 1 aliphatic rings. The van der Waals surface area contributed by atoms with Crippen LogP contribution in [0.25, 0.3) is 10.9 Å². The summed E-state index contributed by atoms with van der Waals surface area (Å²) in [7, 11) is 0. The van der Waals surface area contributed by atoms with Gasteiger partial charge in [-0.2, -0.15) is 13.2 Å². The number of carbonyl (C=O) groups excluding carboxylic acids is 1. The predicted molar refractivity (Wildman–Crippen MR) is 114 cm³/mol. The molecule has 1 fully saturated rings. The highest BCUT2D eigenvalue weighted by molar-refractivity contribution is 5.98. The van der Waals surface area contributed by atoms with Gasteiger partial charge in [0.2, 0.25) is 0 Å². The Morgan fingerprint density at radius 1 is 1.24 bits per heavy atom. The molecule has 0 radical (unpaired) electrons. The maximum absolute atomic E-state index is 14.8. The van der Waals surface area contributed by atoms with Crippen molar-refractivity contribution in [2.75, 3.05) is 18.9 Å². The lowest BCUT2D eigenvalue weighted by Gasteiger charge is -2.36. The monoisotopic (exact) mass is 462 g/mol. The second-order valence-corrected chi connectivity index (χ2v) is 8.01. The maximum atomic E-state index is 14.8. The first-order valence-corrected chi connectivity index (χ1v) is 10.4. The number of anilines is 1. The molecule has 2 atom stereocenters. The number of aryl methyl sites for hydroxylation is 1. The topological polar surface area (TPSA) is 81.3 Å². The smallest absolute Gasteiger partial charge is 0.383 e. The normalized spacial score (nSPS) is 18.9. The van der Waals surface area contributed by atoms with Gasteiger partial charge in [-0.25, -0.2) is 9.37 Å². The number of nitrogens with two attached hydrogens (primary N) is 1. The molecule has 1 saturated heterocycles. The lowest BCUT2D eigenvalue weighted by Crippen LogP contribution is -2.50. The van der Waals surface area contributed by atoms with E-state index in [2.05, 4.69) is 9.97 Å². The van der Waals surface area contributed by atoms with Crippen LogP contribution in [0.4, 0.5) is 23.4 Å². The zero-order valence-corrected chi connectivity index (χ0v) is 17.8. The van der Waals surface area contributed by atoms with Gasteiger partial charge in [0.25, 0.3) is 5.91 Å². The van der Waals surface area contributed by atoms with Crippen LogP contribution in [-0.2, 0) is 17.5 Å². The van der Waals surface area contributed by atoms with E-state index in [1.165, 1.54) is 11.0 Å². The van der Waals surface area contributed by atoms with Crippen molar-refractivity contribution < 1.29 is 27.1 Å². The molecule has 0 unspecified atom stereocenters. The van der Waals surface area contributed by atoms with Crippen molar-refractivity contribution in [2.24, 2.45) is 0 Å². The molecule has 4 rings (SSSR count). The quantitative estimate of drug-likeness (QED) is 0.585. The van der Waals surface area contributed by atoms with E-state index in [-0.39, 0.29) is 37.4 Å². The summed E-state index contributed by atoms with van der Waals surface area (Å²) in [6.45, 7) is 1.85. The Morgan fingerprint density at radius 2 is 2.03 bits per heavy atom. The molecule has 0 spiro atoms. The van der Waals surface area contributed by atoms with Crippen LogP contribution in [0.5, 0.6) is 0 Å². The summed E-state index contributed by atoms with van der Waals surface area (Å²) < 4.78 is 58.8. The average molecular weight is 462 g/mol. The number of aromatic nitrogens is 2. The van der Waals surface area contributed by atoms with E-state index in [0.717, 1.165) is 11.6 Å². The Labute approximate surface area is 187 Å².